The summed E-state index contributed by atoms with van der Waals surface area (Å²) >= 11 is 0. The minimum absolute atomic E-state index is 0.141. The number of ether oxygens (including phenoxy) is 2. The number of hydrogen-bond acceptors (Lipinski definition) is 4. The molecule has 0 saturated carbocycles. The van der Waals surface area contributed by atoms with Gasteiger partial charge in [0.2, 0.25) is 0 Å². The van der Waals surface area contributed by atoms with Gasteiger partial charge in [0.25, 0.3) is 0 Å². The van der Waals surface area contributed by atoms with Crippen LogP contribution in [-0.2, 0) is 22.1 Å². The number of benzene rings is 1. The van der Waals surface area contributed by atoms with Crippen molar-refractivity contribution in [3.05, 3.63) is 29.3 Å². The molecule has 2 N–H and O–H groups in total. The van der Waals surface area contributed by atoms with E-state index in [1.165, 1.54) is 12.1 Å². The largest absolute Gasteiger partial charge is 0.481 e. The van der Waals surface area contributed by atoms with Gasteiger partial charge in [-0.2, -0.15) is 13.2 Å². The topological polar surface area (TPSA) is 61.5 Å². The van der Waals surface area contributed by atoms with Gasteiger partial charge in [0.1, 0.15) is 5.75 Å². The Hall–Kier alpha value is -1.76. The summed E-state index contributed by atoms with van der Waals surface area (Å²) in [7, 11) is 0. The normalized spacial score (nSPS) is 12.9. The molecule has 4 nitrogen and oxygen atoms in total. The summed E-state index contributed by atoms with van der Waals surface area (Å²) in [4.78, 5) is 11.1. The molecule has 0 spiro atoms. The first-order chi connectivity index (χ1) is 9.74. The Bertz CT molecular complexity index is 487. The summed E-state index contributed by atoms with van der Waals surface area (Å²) in [6.07, 6.45) is -4.25. The second-order valence-corrected chi connectivity index (χ2v) is 4.60. The van der Waals surface area contributed by atoms with Gasteiger partial charge >= 0.3 is 12.1 Å². The van der Waals surface area contributed by atoms with Crippen LogP contribution in [0.1, 0.15) is 25.0 Å². The zero-order valence-electron chi connectivity index (χ0n) is 11.9. The van der Waals surface area contributed by atoms with Crippen molar-refractivity contribution in [1.82, 2.24) is 0 Å². The zero-order chi connectivity index (χ0) is 16.0. The first-order valence-corrected chi connectivity index (χ1v) is 6.48. The maximum absolute atomic E-state index is 13.0. The maximum atomic E-state index is 13.0. The SMILES string of the molecule is CCOC(=O)COc1ccc(CC(C)N)cc1C(F)(F)F. The molecule has 0 amide bonds. The minimum Gasteiger partial charge on any atom is -0.481 e. The van der Waals surface area contributed by atoms with Crippen molar-refractivity contribution in [1.29, 1.82) is 0 Å². The monoisotopic (exact) mass is 305 g/mol. The van der Waals surface area contributed by atoms with Crippen molar-refractivity contribution in [3.8, 4) is 5.75 Å². The van der Waals surface area contributed by atoms with Gasteiger partial charge in [-0.15, -0.1) is 0 Å². The number of carbonyl (C=O) groups excluding carboxylic acids is 1. The Morgan fingerprint density at radius 1 is 1.38 bits per heavy atom. The summed E-state index contributed by atoms with van der Waals surface area (Å²) in [5.41, 5.74) is 5.11. The standard InChI is InChI=1S/C14H18F3NO3/c1-3-20-13(19)8-21-12-5-4-10(6-9(2)18)7-11(12)14(15,16)17/h4-5,7,9H,3,6,8,18H2,1-2H3. The summed E-state index contributed by atoms with van der Waals surface area (Å²) in [5.74, 6) is -1.12. The van der Waals surface area contributed by atoms with Gasteiger partial charge in [0.05, 0.1) is 12.2 Å². The zero-order valence-corrected chi connectivity index (χ0v) is 11.9. The van der Waals surface area contributed by atoms with Crippen molar-refractivity contribution in [3.63, 3.8) is 0 Å². The molecule has 0 bridgehead atoms. The van der Waals surface area contributed by atoms with Gasteiger partial charge in [-0.05, 0) is 38.0 Å². The predicted molar refractivity (Wildman–Crippen MR) is 70.9 cm³/mol. The highest BCUT2D eigenvalue weighted by Gasteiger charge is 2.34. The fourth-order valence-corrected chi connectivity index (χ4v) is 1.76. The third kappa shape index (κ3) is 5.63. The third-order valence-electron chi connectivity index (χ3n) is 2.56. The number of hydrogen-bond donors (Lipinski definition) is 1. The molecule has 1 rings (SSSR count). The molecule has 0 aliphatic rings. The molecule has 1 unspecified atom stereocenters. The van der Waals surface area contributed by atoms with E-state index in [2.05, 4.69) is 4.74 Å². The lowest BCUT2D eigenvalue weighted by atomic mass is 10.0. The number of esters is 1. The molecular formula is C14H18F3NO3. The van der Waals surface area contributed by atoms with Gasteiger partial charge in [0.15, 0.2) is 6.61 Å². The molecule has 0 heterocycles. The molecule has 0 aliphatic heterocycles. The van der Waals surface area contributed by atoms with Crippen molar-refractivity contribution >= 4 is 5.97 Å². The van der Waals surface area contributed by atoms with E-state index in [1.807, 2.05) is 0 Å². The molecule has 1 aromatic rings. The average Bonchev–Trinajstić information content (AvgIpc) is 2.35. The van der Waals surface area contributed by atoms with E-state index in [4.69, 9.17) is 10.5 Å². The van der Waals surface area contributed by atoms with Crippen LogP contribution in [0.15, 0.2) is 18.2 Å². The number of nitrogens with two attached hydrogens (primary N) is 1. The van der Waals surface area contributed by atoms with Crippen LogP contribution in [-0.4, -0.2) is 25.2 Å². The number of rotatable bonds is 6. The summed E-state index contributed by atoms with van der Waals surface area (Å²) in [6, 6.07) is 3.43. The van der Waals surface area contributed by atoms with E-state index in [9.17, 15) is 18.0 Å². The molecule has 21 heavy (non-hydrogen) atoms. The van der Waals surface area contributed by atoms with E-state index in [0.717, 1.165) is 6.07 Å². The lowest BCUT2D eigenvalue weighted by Gasteiger charge is -2.15. The Balaban J connectivity index is 2.94. The molecule has 118 valence electrons. The fraction of sp³-hybridized carbons (Fsp3) is 0.500. The van der Waals surface area contributed by atoms with Gasteiger partial charge in [-0.1, -0.05) is 6.07 Å². The molecular weight excluding hydrogens is 287 g/mol. The lowest BCUT2D eigenvalue weighted by Crippen LogP contribution is -2.19. The van der Waals surface area contributed by atoms with Gasteiger partial charge < -0.3 is 15.2 Å². The second-order valence-electron chi connectivity index (χ2n) is 4.60. The van der Waals surface area contributed by atoms with Crippen LogP contribution in [0.2, 0.25) is 0 Å². The van der Waals surface area contributed by atoms with Gasteiger partial charge in [-0.25, -0.2) is 4.79 Å². The Morgan fingerprint density at radius 2 is 2.05 bits per heavy atom. The van der Waals surface area contributed by atoms with Crippen molar-refractivity contribution < 1.29 is 27.4 Å². The Kier molecular flexibility index (Phi) is 6.02. The predicted octanol–water partition coefficient (Wildman–Crippen LogP) is 2.54. The molecule has 1 aromatic carbocycles. The highest BCUT2D eigenvalue weighted by Crippen LogP contribution is 2.37. The molecule has 0 saturated heterocycles. The first-order valence-electron chi connectivity index (χ1n) is 6.48. The van der Waals surface area contributed by atoms with Gasteiger partial charge in [-0.3, -0.25) is 0 Å². The average molecular weight is 305 g/mol. The van der Waals surface area contributed by atoms with Crippen LogP contribution in [0.4, 0.5) is 13.2 Å². The van der Waals surface area contributed by atoms with Gasteiger partial charge in [0, 0.05) is 6.04 Å². The molecule has 0 fully saturated rings. The number of carbonyl (C=O) groups is 1. The van der Waals surface area contributed by atoms with E-state index in [0.29, 0.717) is 12.0 Å². The summed E-state index contributed by atoms with van der Waals surface area (Å²) < 4.78 is 48.5. The van der Waals surface area contributed by atoms with E-state index in [-0.39, 0.29) is 12.6 Å². The lowest BCUT2D eigenvalue weighted by molar-refractivity contribution is -0.147. The third-order valence-corrected chi connectivity index (χ3v) is 2.56. The summed E-state index contributed by atoms with van der Waals surface area (Å²) in [6.45, 7) is 2.88. The fourth-order valence-electron chi connectivity index (χ4n) is 1.76. The molecule has 1 atom stereocenters. The Labute approximate surface area is 121 Å². The van der Waals surface area contributed by atoms with Crippen molar-refractivity contribution in [2.75, 3.05) is 13.2 Å². The van der Waals surface area contributed by atoms with Crippen LogP contribution >= 0.6 is 0 Å². The van der Waals surface area contributed by atoms with E-state index in [1.54, 1.807) is 13.8 Å². The van der Waals surface area contributed by atoms with E-state index >= 15 is 0 Å². The first kappa shape index (κ1) is 17.3. The highest BCUT2D eigenvalue weighted by molar-refractivity contribution is 5.71. The smallest absolute Gasteiger partial charge is 0.419 e. The van der Waals surface area contributed by atoms with Crippen LogP contribution < -0.4 is 10.5 Å². The number of alkyl halides is 3. The molecule has 0 aliphatic carbocycles. The second kappa shape index (κ2) is 7.31. The molecule has 0 aromatic heterocycles. The molecule has 7 heteroatoms. The van der Waals surface area contributed by atoms with Crippen LogP contribution in [0, 0.1) is 0 Å². The van der Waals surface area contributed by atoms with Crippen LogP contribution in [0.5, 0.6) is 5.75 Å². The molecule has 0 radical (unpaired) electrons. The van der Waals surface area contributed by atoms with Crippen LogP contribution in [0.25, 0.3) is 0 Å². The number of halogens is 3. The maximum Gasteiger partial charge on any atom is 0.419 e. The van der Waals surface area contributed by atoms with Crippen molar-refractivity contribution in [2.24, 2.45) is 5.73 Å². The van der Waals surface area contributed by atoms with Crippen LogP contribution in [0.3, 0.4) is 0 Å². The Morgan fingerprint density at radius 3 is 2.57 bits per heavy atom. The highest BCUT2D eigenvalue weighted by atomic mass is 19.4. The quantitative estimate of drug-likeness (QED) is 0.820. The minimum atomic E-state index is -4.57. The van der Waals surface area contributed by atoms with Crippen molar-refractivity contribution in [2.45, 2.75) is 32.5 Å². The van der Waals surface area contributed by atoms with E-state index < -0.39 is 30.1 Å². The summed E-state index contributed by atoms with van der Waals surface area (Å²) in [5, 5.41) is 0.